The van der Waals surface area contributed by atoms with Crippen LogP contribution in [0, 0.1) is 5.92 Å². The zero-order chi connectivity index (χ0) is 13.4. The molecule has 102 valence electrons. The van der Waals surface area contributed by atoms with Crippen LogP contribution in [0.4, 0.5) is 0 Å². The van der Waals surface area contributed by atoms with E-state index < -0.39 is 0 Å². The third-order valence-corrected chi connectivity index (χ3v) is 4.55. The highest BCUT2D eigenvalue weighted by Gasteiger charge is 2.48. The van der Waals surface area contributed by atoms with E-state index in [1.165, 1.54) is 5.56 Å². The summed E-state index contributed by atoms with van der Waals surface area (Å²) in [6.07, 6.45) is 1.33. The van der Waals surface area contributed by atoms with Gasteiger partial charge in [0.1, 0.15) is 6.10 Å². The summed E-state index contributed by atoms with van der Waals surface area (Å²) in [5.41, 5.74) is 1.28. The number of Topliss-reactive ketones (excluding diaryl/α,β-unsaturated/α-hetero) is 1. The Hall–Kier alpha value is -1.19. The van der Waals surface area contributed by atoms with E-state index in [2.05, 4.69) is 31.2 Å². The van der Waals surface area contributed by atoms with Crippen molar-refractivity contribution in [3.05, 3.63) is 35.9 Å². The van der Waals surface area contributed by atoms with Gasteiger partial charge in [-0.2, -0.15) is 0 Å². The standard InChI is InChI=1S/C16H20O3/c1-10-16(11-6-4-3-5-7-11)12-8-13(17)15(18-2)9-14(12)19-10/h3-7,10,12,14-16H,8-9H2,1-2H3/t10-,12-,14+,15+,16+/m1/s1. The highest BCUT2D eigenvalue weighted by atomic mass is 16.5. The Morgan fingerprint density at radius 2 is 2.00 bits per heavy atom. The summed E-state index contributed by atoms with van der Waals surface area (Å²) in [5.74, 6) is 0.853. The zero-order valence-electron chi connectivity index (χ0n) is 11.4. The predicted octanol–water partition coefficient (Wildman–Crippen LogP) is 2.55. The van der Waals surface area contributed by atoms with E-state index in [-0.39, 0.29) is 24.1 Å². The van der Waals surface area contributed by atoms with Crippen molar-refractivity contribution in [3.63, 3.8) is 0 Å². The molecule has 1 heterocycles. The Balaban J connectivity index is 1.86. The molecule has 0 amide bonds. The van der Waals surface area contributed by atoms with Crippen molar-refractivity contribution in [2.75, 3.05) is 7.11 Å². The van der Waals surface area contributed by atoms with Gasteiger partial charge in [0.05, 0.1) is 12.2 Å². The average molecular weight is 260 g/mol. The summed E-state index contributed by atoms with van der Waals surface area (Å²) >= 11 is 0. The van der Waals surface area contributed by atoms with Crippen LogP contribution >= 0.6 is 0 Å². The summed E-state index contributed by atoms with van der Waals surface area (Å²) in [6, 6.07) is 10.4. The predicted molar refractivity (Wildman–Crippen MR) is 72.0 cm³/mol. The van der Waals surface area contributed by atoms with Gasteiger partial charge in [0.15, 0.2) is 5.78 Å². The van der Waals surface area contributed by atoms with Crippen LogP contribution in [0.5, 0.6) is 0 Å². The molecule has 0 aromatic heterocycles. The Bertz CT molecular complexity index is 456. The van der Waals surface area contributed by atoms with Crippen LogP contribution in [0.1, 0.15) is 31.2 Å². The van der Waals surface area contributed by atoms with E-state index in [9.17, 15) is 4.79 Å². The van der Waals surface area contributed by atoms with Crippen LogP contribution < -0.4 is 0 Å². The van der Waals surface area contributed by atoms with Crippen molar-refractivity contribution in [3.8, 4) is 0 Å². The molecule has 2 aliphatic rings. The fourth-order valence-corrected chi connectivity index (χ4v) is 3.66. The number of ether oxygens (including phenoxy) is 2. The Labute approximate surface area is 113 Å². The molecule has 0 bridgehead atoms. The molecule has 0 unspecified atom stereocenters. The van der Waals surface area contributed by atoms with E-state index >= 15 is 0 Å². The van der Waals surface area contributed by atoms with Gasteiger partial charge in [-0.25, -0.2) is 0 Å². The van der Waals surface area contributed by atoms with E-state index in [1.54, 1.807) is 7.11 Å². The first-order chi connectivity index (χ1) is 9.20. The lowest BCUT2D eigenvalue weighted by molar-refractivity contribution is -0.137. The maximum atomic E-state index is 12.1. The molecular weight excluding hydrogens is 240 g/mol. The summed E-state index contributed by atoms with van der Waals surface area (Å²) in [6.45, 7) is 2.11. The first kappa shape index (κ1) is 12.8. The van der Waals surface area contributed by atoms with Crippen molar-refractivity contribution in [1.29, 1.82) is 0 Å². The van der Waals surface area contributed by atoms with Crippen molar-refractivity contribution in [2.45, 2.75) is 44.0 Å². The maximum absolute atomic E-state index is 12.1. The highest BCUT2D eigenvalue weighted by molar-refractivity contribution is 5.84. The van der Waals surface area contributed by atoms with Crippen LogP contribution in [-0.2, 0) is 14.3 Å². The van der Waals surface area contributed by atoms with E-state index in [0.29, 0.717) is 24.7 Å². The molecule has 0 spiro atoms. The number of methoxy groups -OCH3 is 1. The first-order valence-corrected chi connectivity index (χ1v) is 6.96. The molecule has 1 saturated heterocycles. The fourth-order valence-electron chi connectivity index (χ4n) is 3.66. The molecule has 2 fully saturated rings. The van der Waals surface area contributed by atoms with E-state index in [0.717, 1.165) is 0 Å². The van der Waals surface area contributed by atoms with Gasteiger partial charge < -0.3 is 9.47 Å². The van der Waals surface area contributed by atoms with Crippen molar-refractivity contribution in [2.24, 2.45) is 5.92 Å². The molecule has 1 aromatic rings. The molecule has 3 heteroatoms. The van der Waals surface area contributed by atoms with E-state index in [1.807, 2.05) is 6.07 Å². The lowest BCUT2D eigenvalue weighted by atomic mass is 9.74. The minimum absolute atomic E-state index is 0.155. The van der Waals surface area contributed by atoms with Gasteiger partial charge in [-0.05, 0) is 12.5 Å². The lowest BCUT2D eigenvalue weighted by Gasteiger charge is -2.31. The van der Waals surface area contributed by atoms with Gasteiger partial charge in [-0.1, -0.05) is 30.3 Å². The Kier molecular flexibility index (Phi) is 3.42. The van der Waals surface area contributed by atoms with Crippen molar-refractivity contribution < 1.29 is 14.3 Å². The minimum atomic E-state index is -0.275. The molecule has 1 aromatic carbocycles. The van der Waals surface area contributed by atoms with Crippen LogP contribution in [0.25, 0.3) is 0 Å². The van der Waals surface area contributed by atoms with Gasteiger partial charge in [-0.15, -0.1) is 0 Å². The second-order valence-corrected chi connectivity index (χ2v) is 5.61. The topological polar surface area (TPSA) is 35.5 Å². The zero-order valence-corrected chi connectivity index (χ0v) is 11.4. The summed E-state index contributed by atoms with van der Waals surface area (Å²) in [4.78, 5) is 12.1. The highest BCUT2D eigenvalue weighted by Crippen LogP contribution is 2.46. The average Bonchev–Trinajstić information content (AvgIpc) is 2.74. The number of hydrogen-bond donors (Lipinski definition) is 0. The molecule has 1 aliphatic heterocycles. The number of rotatable bonds is 2. The van der Waals surface area contributed by atoms with Crippen LogP contribution in [0.15, 0.2) is 30.3 Å². The first-order valence-electron chi connectivity index (χ1n) is 6.96. The summed E-state index contributed by atoms with van der Waals surface area (Å²) in [7, 11) is 1.61. The number of benzene rings is 1. The van der Waals surface area contributed by atoms with Gasteiger partial charge in [0, 0.05) is 31.8 Å². The number of carbonyl (C=O) groups excluding carboxylic acids is 1. The largest absolute Gasteiger partial charge is 0.374 e. The van der Waals surface area contributed by atoms with Crippen LogP contribution in [-0.4, -0.2) is 31.2 Å². The second-order valence-electron chi connectivity index (χ2n) is 5.61. The fraction of sp³-hybridized carbons (Fsp3) is 0.562. The molecule has 5 atom stereocenters. The second kappa shape index (κ2) is 5.06. The Morgan fingerprint density at radius 3 is 2.68 bits per heavy atom. The summed E-state index contributed by atoms with van der Waals surface area (Å²) < 4.78 is 11.3. The molecule has 3 nitrogen and oxygen atoms in total. The monoisotopic (exact) mass is 260 g/mol. The van der Waals surface area contributed by atoms with Crippen LogP contribution in [0.2, 0.25) is 0 Å². The molecule has 1 saturated carbocycles. The number of ketones is 1. The molecule has 1 aliphatic carbocycles. The third-order valence-electron chi connectivity index (χ3n) is 4.55. The van der Waals surface area contributed by atoms with Crippen LogP contribution in [0.3, 0.4) is 0 Å². The van der Waals surface area contributed by atoms with Gasteiger partial charge in [0.2, 0.25) is 0 Å². The van der Waals surface area contributed by atoms with Crippen molar-refractivity contribution in [1.82, 2.24) is 0 Å². The molecule has 19 heavy (non-hydrogen) atoms. The molecule has 3 rings (SSSR count). The summed E-state index contributed by atoms with van der Waals surface area (Å²) in [5, 5.41) is 0. The quantitative estimate of drug-likeness (QED) is 0.819. The molecule has 0 N–H and O–H groups in total. The number of hydrogen-bond acceptors (Lipinski definition) is 3. The van der Waals surface area contributed by atoms with Gasteiger partial charge in [-0.3, -0.25) is 4.79 Å². The molecular formula is C16H20O3. The molecule has 0 radical (unpaired) electrons. The third kappa shape index (κ3) is 2.21. The number of carbonyl (C=O) groups is 1. The van der Waals surface area contributed by atoms with E-state index in [4.69, 9.17) is 9.47 Å². The van der Waals surface area contributed by atoms with Crippen molar-refractivity contribution >= 4 is 5.78 Å². The number of fused-ring (bicyclic) bond motifs is 1. The maximum Gasteiger partial charge on any atom is 0.162 e. The lowest BCUT2D eigenvalue weighted by Crippen LogP contribution is -2.39. The SMILES string of the molecule is CO[C@H]1C[C@@H]2O[C@H](C)[C@@H](c3ccccc3)[C@@H]2CC1=O. The van der Waals surface area contributed by atoms with Gasteiger partial charge in [0.25, 0.3) is 0 Å². The smallest absolute Gasteiger partial charge is 0.162 e. The normalized spacial score (nSPS) is 38.2. The van der Waals surface area contributed by atoms with Gasteiger partial charge >= 0.3 is 0 Å². The minimum Gasteiger partial charge on any atom is -0.374 e. The Morgan fingerprint density at radius 1 is 1.26 bits per heavy atom.